The second-order valence-corrected chi connectivity index (χ2v) is 7.67. The van der Waals surface area contributed by atoms with E-state index >= 15 is 0 Å². The maximum Gasteiger partial charge on any atom is 0.101 e. The third kappa shape index (κ3) is 4.58. The van der Waals surface area contributed by atoms with E-state index in [1.54, 1.807) is 0 Å². The van der Waals surface area contributed by atoms with E-state index in [0.717, 1.165) is 57.6 Å². The summed E-state index contributed by atoms with van der Waals surface area (Å²) in [5.74, 6) is 0.449. The third-order valence-corrected chi connectivity index (χ3v) is 5.06. The van der Waals surface area contributed by atoms with Gasteiger partial charge in [0, 0.05) is 19.6 Å². The SMILES string of the molecule is CC(C)=CCC/C(C)=C/CN1CCn2nc([C@H](O)C3CC3)cc2C1. The summed E-state index contributed by atoms with van der Waals surface area (Å²) in [6.07, 6.45) is 8.90. The first-order valence-electron chi connectivity index (χ1n) is 9.29. The minimum atomic E-state index is -0.353. The second-order valence-electron chi connectivity index (χ2n) is 7.67. The fourth-order valence-electron chi connectivity index (χ4n) is 3.27. The Morgan fingerprint density at radius 1 is 1.29 bits per heavy atom. The lowest BCUT2D eigenvalue weighted by Gasteiger charge is -2.26. The first kappa shape index (κ1) is 17.4. The van der Waals surface area contributed by atoms with E-state index in [1.807, 2.05) is 0 Å². The van der Waals surface area contributed by atoms with Gasteiger partial charge in [-0.15, -0.1) is 0 Å². The van der Waals surface area contributed by atoms with Crippen LogP contribution in [0.25, 0.3) is 0 Å². The van der Waals surface area contributed by atoms with Crippen molar-refractivity contribution in [2.24, 2.45) is 5.92 Å². The number of aromatic nitrogens is 2. The highest BCUT2D eigenvalue weighted by atomic mass is 16.3. The number of aliphatic hydroxyl groups excluding tert-OH is 1. The van der Waals surface area contributed by atoms with Crippen molar-refractivity contribution in [1.29, 1.82) is 0 Å². The van der Waals surface area contributed by atoms with Crippen LogP contribution in [0.5, 0.6) is 0 Å². The summed E-state index contributed by atoms with van der Waals surface area (Å²) in [6.45, 7) is 10.4. The van der Waals surface area contributed by atoms with E-state index in [0.29, 0.717) is 5.92 Å². The molecule has 132 valence electrons. The quantitative estimate of drug-likeness (QED) is 0.773. The largest absolute Gasteiger partial charge is 0.386 e. The van der Waals surface area contributed by atoms with Crippen LogP contribution in [0.15, 0.2) is 29.4 Å². The van der Waals surface area contributed by atoms with Crippen LogP contribution in [0.4, 0.5) is 0 Å². The van der Waals surface area contributed by atoms with Gasteiger partial charge in [-0.3, -0.25) is 9.58 Å². The maximum absolute atomic E-state index is 10.3. The number of nitrogens with zero attached hydrogens (tertiary/aromatic N) is 3. The van der Waals surface area contributed by atoms with Crippen molar-refractivity contribution in [2.45, 2.75) is 65.6 Å². The number of fused-ring (bicyclic) bond motifs is 1. The molecule has 0 saturated heterocycles. The van der Waals surface area contributed by atoms with Gasteiger partial charge in [0.25, 0.3) is 0 Å². The molecule has 0 unspecified atom stereocenters. The van der Waals surface area contributed by atoms with E-state index in [1.165, 1.54) is 16.8 Å². The third-order valence-electron chi connectivity index (χ3n) is 5.06. The van der Waals surface area contributed by atoms with Crippen LogP contribution in [0, 0.1) is 5.92 Å². The zero-order valence-electron chi connectivity index (χ0n) is 15.3. The van der Waals surface area contributed by atoms with E-state index in [4.69, 9.17) is 0 Å². The van der Waals surface area contributed by atoms with Gasteiger partial charge >= 0.3 is 0 Å². The van der Waals surface area contributed by atoms with Crippen molar-refractivity contribution in [3.63, 3.8) is 0 Å². The molecule has 0 spiro atoms. The number of aliphatic hydroxyl groups is 1. The van der Waals surface area contributed by atoms with E-state index in [-0.39, 0.29) is 6.10 Å². The summed E-state index contributed by atoms with van der Waals surface area (Å²) >= 11 is 0. The highest BCUT2D eigenvalue weighted by Gasteiger charge is 2.33. The number of allylic oxidation sites excluding steroid dienone is 3. The Balaban J connectivity index is 1.52. The van der Waals surface area contributed by atoms with Crippen LogP contribution < -0.4 is 0 Å². The van der Waals surface area contributed by atoms with Crippen LogP contribution in [0.1, 0.15) is 63.9 Å². The number of hydrogen-bond acceptors (Lipinski definition) is 3. The first-order valence-corrected chi connectivity index (χ1v) is 9.29. The molecule has 4 heteroatoms. The van der Waals surface area contributed by atoms with Gasteiger partial charge in [0.05, 0.1) is 17.9 Å². The molecule has 0 aromatic carbocycles. The molecule has 1 aromatic heterocycles. The summed E-state index contributed by atoms with van der Waals surface area (Å²) in [4.78, 5) is 2.47. The molecule has 1 N–H and O–H groups in total. The number of hydrogen-bond donors (Lipinski definition) is 1. The highest BCUT2D eigenvalue weighted by Crippen LogP contribution is 2.40. The monoisotopic (exact) mass is 329 g/mol. The summed E-state index contributed by atoms with van der Waals surface area (Å²) in [5, 5.41) is 14.9. The van der Waals surface area contributed by atoms with Crippen molar-refractivity contribution in [2.75, 3.05) is 13.1 Å². The highest BCUT2D eigenvalue weighted by molar-refractivity contribution is 5.16. The summed E-state index contributed by atoms with van der Waals surface area (Å²) in [6, 6.07) is 2.11. The van der Waals surface area contributed by atoms with E-state index in [9.17, 15) is 5.11 Å². The molecular weight excluding hydrogens is 298 g/mol. The molecule has 4 nitrogen and oxygen atoms in total. The Bertz CT molecular complexity index is 621. The minimum absolute atomic E-state index is 0.353. The molecule has 0 amide bonds. The molecule has 1 fully saturated rings. The Hall–Kier alpha value is -1.39. The molecule has 2 aliphatic rings. The Kier molecular flexibility index (Phi) is 5.57. The van der Waals surface area contributed by atoms with Gasteiger partial charge in [-0.2, -0.15) is 5.10 Å². The van der Waals surface area contributed by atoms with Crippen LogP contribution in [0.3, 0.4) is 0 Å². The lowest BCUT2D eigenvalue weighted by atomic mass is 10.1. The van der Waals surface area contributed by atoms with Crippen LogP contribution in [-0.2, 0) is 13.1 Å². The van der Waals surface area contributed by atoms with Crippen molar-refractivity contribution in [3.8, 4) is 0 Å². The summed E-state index contributed by atoms with van der Waals surface area (Å²) < 4.78 is 2.09. The molecule has 1 atom stereocenters. The summed E-state index contributed by atoms with van der Waals surface area (Å²) in [7, 11) is 0. The van der Waals surface area contributed by atoms with Gasteiger partial charge in [-0.25, -0.2) is 0 Å². The average Bonchev–Trinajstić information content (AvgIpc) is 3.30. The normalized spacial score (nSPS) is 19.9. The van der Waals surface area contributed by atoms with Gasteiger partial charge in [0.2, 0.25) is 0 Å². The zero-order valence-corrected chi connectivity index (χ0v) is 15.3. The molecule has 1 aliphatic heterocycles. The lowest BCUT2D eigenvalue weighted by molar-refractivity contribution is 0.147. The second kappa shape index (κ2) is 7.66. The van der Waals surface area contributed by atoms with Crippen molar-refractivity contribution in [3.05, 3.63) is 40.8 Å². The summed E-state index contributed by atoms with van der Waals surface area (Å²) in [5.41, 5.74) is 4.99. The standard InChI is InChI=1S/C20H31N3O/c1-15(2)5-4-6-16(3)9-10-22-11-12-23-18(14-22)13-19(21-23)20(24)17-7-8-17/h5,9,13,17,20,24H,4,6-8,10-12,14H2,1-3H3/b16-9+/t20-/m1/s1. The Morgan fingerprint density at radius 2 is 2.08 bits per heavy atom. The zero-order chi connectivity index (χ0) is 17.1. The van der Waals surface area contributed by atoms with Gasteiger partial charge in [0.15, 0.2) is 0 Å². The van der Waals surface area contributed by atoms with Gasteiger partial charge in [-0.05, 0) is 58.4 Å². The maximum atomic E-state index is 10.3. The molecule has 24 heavy (non-hydrogen) atoms. The van der Waals surface area contributed by atoms with E-state index < -0.39 is 0 Å². The molecule has 0 radical (unpaired) electrons. The first-order chi connectivity index (χ1) is 11.5. The van der Waals surface area contributed by atoms with Gasteiger partial charge in [0.1, 0.15) is 6.10 Å². The van der Waals surface area contributed by atoms with Crippen LogP contribution in [-0.4, -0.2) is 32.9 Å². The molecule has 1 aromatic rings. The van der Waals surface area contributed by atoms with Crippen LogP contribution >= 0.6 is 0 Å². The average molecular weight is 329 g/mol. The Morgan fingerprint density at radius 3 is 2.79 bits per heavy atom. The Labute approximate surface area is 145 Å². The number of rotatable bonds is 7. The van der Waals surface area contributed by atoms with Gasteiger partial charge in [-0.1, -0.05) is 23.3 Å². The molecule has 1 aliphatic carbocycles. The van der Waals surface area contributed by atoms with E-state index in [2.05, 4.69) is 53.7 Å². The smallest absolute Gasteiger partial charge is 0.101 e. The predicted octanol–water partition coefficient (Wildman–Crippen LogP) is 3.83. The fraction of sp³-hybridized carbons (Fsp3) is 0.650. The van der Waals surface area contributed by atoms with Crippen molar-refractivity contribution < 1.29 is 5.11 Å². The molecular formula is C20H31N3O. The predicted molar refractivity (Wildman–Crippen MR) is 97.6 cm³/mol. The minimum Gasteiger partial charge on any atom is -0.386 e. The molecule has 2 heterocycles. The molecule has 3 rings (SSSR count). The van der Waals surface area contributed by atoms with Crippen LogP contribution in [0.2, 0.25) is 0 Å². The lowest BCUT2D eigenvalue weighted by Crippen LogP contribution is -2.34. The van der Waals surface area contributed by atoms with Crippen molar-refractivity contribution in [1.82, 2.24) is 14.7 Å². The topological polar surface area (TPSA) is 41.3 Å². The van der Waals surface area contributed by atoms with Gasteiger partial charge < -0.3 is 5.11 Å². The molecule has 0 bridgehead atoms. The molecule has 1 saturated carbocycles. The van der Waals surface area contributed by atoms with Crippen molar-refractivity contribution >= 4 is 0 Å². The fourth-order valence-corrected chi connectivity index (χ4v) is 3.27.